The van der Waals surface area contributed by atoms with E-state index in [0.29, 0.717) is 6.54 Å². The molecule has 0 fully saturated rings. The summed E-state index contributed by atoms with van der Waals surface area (Å²) in [5.41, 5.74) is 2.04. The minimum absolute atomic E-state index is 0.710. The van der Waals surface area contributed by atoms with Gasteiger partial charge in [0.2, 0.25) is 0 Å². The molecule has 0 bridgehead atoms. The van der Waals surface area contributed by atoms with Crippen LogP contribution in [0.2, 0.25) is 5.02 Å². The normalized spacial score (nSPS) is 10.6. The molecule has 2 rings (SSSR count). The zero-order valence-corrected chi connectivity index (χ0v) is 13.3. The molecule has 0 amide bonds. The van der Waals surface area contributed by atoms with E-state index in [-0.39, 0.29) is 0 Å². The van der Waals surface area contributed by atoms with Gasteiger partial charge in [0.1, 0.15) is 0 Å². The molecule has 1 heterocycles. The molecular weight excluding hydrogens is 284 g/mol. The van der Waals surface area contributed by atoms with Gasteiger partial charge in [-0.15, -0.1) is 5.10 Å². The molecule has 4 nitrogen and oxygen atoms in total. The van der Waals surface area contributed by atoms with E-state index in [1.165, 1.54) is 0 Å². The van der Waals surface area contributed by atoms with Gasteiger partial charge < -0.3 is 10.2 Å². The van der Waals surface area contributed by atoms with Gasteiger partial charge in [-0.1, -0.05) is 36.7 Å². The fraction of sp³-hybridized carbons (Fsp3) is 0.375. The number of nitrogens with one attached hydrogen (secondary N) is 1. The number of hydrogen-bond donors (Lipinski definition) is 1. The SMILES string of the molecule is CCCNCc1ccc(N(C)Cc2ccccc2Cl)nn1. The van der Waals surface area contributed by atoms with Gasteiger partial charge in [0.05, 0.1) is 5.69 Å². The van der Waals surface area contributed by atoms with E-state index >= 15 is 0 Å². The van der Waals surface area contributed by atoms with Crippen molar-refractivity contribution in [2.75, 3.05) is 18.5 Å². The number of hydrogen-bond acceptors (Lipinski definition) is 4. The van der Waals surface area contributed by atoms with Crippen LogP contribution in [0, 0.1) is 0 Å². The van der Waals surface area contributed by atoms with E-state index in [0.717, 1.165) is 41.6 Å². The molecule has 21 heavy (non-hydrogen) atoms. The van der Waals surface area contributed by atoms with Crippen LogP contribution in [0.5, 0.6) is 0 Å². The number of benzene rings is 1. The molecule has 0 unspecified atom stereocenters. The van der Waals surface area contributed by atoms with Gasteiger partial charge in [-0.05, 0) is 36.7 Å². The number of halogens is 1. The van der Waals surface area contributed by atoms with Crippen molar-refractivity contribution in [1.82, 2.24) is 15.5 Å². The summed E-state index contributed by atoms with van der Waals surface area (Å²) in [6.07, 6.45) is 1.12. The van der Waals surface area contributed by atoms with Gasteiger partial charge in [-0.3, -0.25) is 0 Å². The molecule has 0 saturated carbocycles. The van der Waals surface area contributed by atoms with Crippen LogP contribution in [0.15, 0.2) is 36.4 Å². The Morgan fingerprint density at radius 1 is 1.14 bits per heavy atom. The Balaban J connectivity index is 1.96. The second-order valence-electron chi connectivity index (χ2n) is 5.01. The number of aromatic nitrogens is 2. The first-order valence-corrected chi connectivity index (χ1v) is 7.56. The van der Waals surface area contributed by atoms with Crippen molar-refractivity contribution in [3.05, 3.63) is 52.7 Å². The Kier molecular flexibility index (Phi) is 5.96. The minimum atomic E-state index is 0.710. The Hall–Kier alpha value is -1.65. The van der Waals surface area contributed by atoms with Crippen LogP contribution in [0.25, 0.3) is 0 Å². The highest BCUT2D eigenvalue weighted by molar-refractivity contribution is 6.31. The average Bonchev–Trinajstić information content (AvgIpc) is 2.50. The first-order valence-electron chi connectivity index (χ1n) is 7.18. The molecule has 0 aliphatic heterocycles. The molecule has 0 atom stereocenters. The van der Waals surface area contributed by atoms with Crippen molar-refractivity contribution < 1.29 is 0 Å². The summed E-state index contributed by atoms with van der Waals surface area (Å²) in [6, 6.07) is 11.8. The van der Waals surface area contributed by atoms with Gasteiger partial charge in [0.25, 0.3) is 0 Å². The lowest BCUT2D eigenvalue weighted by molar-refractivity contribution is 0.656. The second-order valence-corrected chi connectivity index (χ2v) is 5.41. The van der Waals surface area contributed by atoms with Crippen molar-refractivity contribution in [2.24, 2.45) is 0 Å². The molecular formula is C16H21ClN4. The first-order chi connectivity index (χ1) is 10.2. The topological polar surface area (TPSA) is 41.0 Å². The fourth-order valence-corrected chi connectivity index (χ4v) is 2.20. The Morgan fingerprint density at radius 2 is 1.95 bits per heavy atom. The van der Waals surface area contributed by atoms with Crippen molar-refractivity contribution in [1.29, 1.82) is 0 Å². The van der Waals surface area contributed by atoms with E-state index in [9.17, 15) is 0 Å². The minimum Gasteiger partial charge on any atom is -0.354 e. The Bertz CT molecular complexity index is 556. The van der Waals surface area contributed by atoms with Crippen molar-refractivity contribution in [2.45, 2.75) is 26.4 Å². The summed E-state index contributed by atoms with van der Waals surface area (Å²) in [5, 5.41) is 12.6. The zero-order valence-electron chi connectivity index (χ0n) is 12.5. The summed E-state index contributed by atoms with van der Waals surface area (Å²) in [7, 11) is 1.99. The number of rotatable bonds is 7. The van der Waals surface area contributed by atoms with Crippen LogP contribution >= 0.6 is 11.6 Å². The predicted octanol–water partition coefficient (Wildman–Crippen LogP) is 3.27. The maximum atomic E-state index is 6.18. The van der Waals surface area contributed by atoms with Crippen LogP contribution in [0.4, 0.5) is 5.82 Å². The molecule has 1 aromatic carbocycles. The summed E-state index contributed by atoms with van der Waals surface area (Å²) >= 11 is 6.18. The third-order valence-corrected chi connectivity index (χ3v) is 3.56. The van der Waals surface area contributed by atoms with Crippen LogP contribution in [0.1, 0.15) is 24.6 Å². The lowest BCUT2D eigenvalue weighted by atomic mass is 10.2. The molecule has 0 radical (unpaired) electrons. The standard InChI is InChI=1S/C16H21ClN4/c1-3-10-18-11-14-8-9-16(20-19-14)21(2)12-13-6-4-5-7-15(13)17/h4-9,18H,3,10-12H2,1-2H3. The van der Waals surface area contributed by atoms with E-state index in [1.54, 1.807) is 0 Å². The zero-order chi connectivity index (χ0) is 15.1. The average molecular weight is 305 g/mol. The van der Waals surface area contributed by atoms with Crippen LogP contribution < -0.4 is 10.2 Å². The third-order valence-electron chi connectivity index (χ3n) is 3.20. The Morgan fingerprint density at radius 3 is 2.62 bits per heavy atom. The van der Waals surface area contributed by atoms with E-state index in [4.69, 9.17) is 11.6 Å². The summed E-state index contributed by atoms with van der Waals surface area (Å²) in [6.45, 7) is 4.61. The largest absolute Gasteiger partial charge is 0.354 e. The van der Waals surface area contributed by atoms with E-state index in [1.807, 2.05) is 48.3 Å². The summed E-state index contributed by atoms with van der Waals surface area (Å²) in [4.78, 5) is 2.04. The monoisotopic (exact) mass is 304 g/mol. The highest BCUT2D eigenvalue weighted by Crippen LogP contribution is 2.18. The molecule has 0 saturated heterocycles. The van der Waals surface area contributed by atoms with Crippen LogP contribution in [0.3, 0.4) is 0 Å². The van der Waals surface area contributed by atoms with Gasteiger partial charge in [-0.25, -0.2) is 0 Å². The first kappa shape index (κ1) is 15.7. The van der Waals surface area contributed by atoms with E-state index in [2.05, 4.69) is 22.4 Å². The molecule has 0 spiro atoms. The van der Waals surface area contributed by atoms with E-state index < -0.39 is 0 Å². The molecule has 1 N–H and O–H groups in total. The number of nitrogens with zero attached hydrogens (tertiary/aromatic N) is 3. The summed E-state index contributed by atoms with van der Waals surface area (Å²) in [5.74, 6) is 0.842. The molecule has 5 heteroatoms. The van der Waals surface area contributed by atoms with Crippen molar-refractivity contribution >= 4 is 17.4 Å². The number of anilines is 1. The van der Waals surface area contributed by atoms with Crippen molar-refractivity contribution in [3.63, 3.8) is 0 Å². The quantitative estimate of drug-likeness (QED) is 0.797. The van der Waals surface area contributed by atoms with Gasteiger partial charge in [0.15, 0.2) is 5.82 Å². The molecule has 0 aliphatic carbocycles. The van der Waals surface area contributed by atoms with Gasteiger partial charge in [-0.2, -0.15) is 5.10 Å². The lowest BCUT2D eigenvalue weighted by Gasteiger charge is -2.18. The third kappa shape index (κ3) is 4.69. The highest BCUT2D eigenvalue weighted by Gasteiger charge is 2.07. The van der Waals surface area contributed by atoms with Gasteiger partial charge in [0, 0.05) is 25.2 Å². The van der Waals surface area contributed by atoms with Crippen LogP contribution in [-0.2, 0) is 13.1 Å². The second kappa shape index (κ2) is 7.96. The molecule has 0 aliphatic rings. The maximum Gasteiger partial charge on any atom is 0.151 e. The van der Waals surface area contributed by atoms with Gasteiger partial charge >= 0.3 is 0 Å². The fourth-order valence-electron chi connectivity index (χ4n) is 2.01. The highest BCUT2D eigenvalue weighted by atomic mass is 35.5. The molecule has 112 valence electrons. The lowest BCUT2D eigenvalue weighted by Crippen LogP contribution is -2.19. The molecule has 2 aromatic rings. The maximum absolute atomic E-state index is 6.18. The molecule has 1 aromatic heterocycles. The van der Waals surface area contributed by atoms with Crippen molar-refractivity contribution in [3.8, 4) is 0 Å². The Labute approximate surface area is 131 Å². The van der Waals surface area contributed by atoms with Crippen LogP contribution in [-0.4, -0.2) is 23.8 Å². The summed E-state index contributed by atoms with van der Waals surface area (Å²) < 4.78 is 0. The predicted molar refractivity (Wildman–Crippen MR) is 87.6 cm³/mol. The smallest absolute Gasteiger partial charge is 0.151 e.